The zero-order valence-electron chi connectivity index (χ0n) is 10.1. The van der Waals surface area contributed by atoms with Crippen LogP contribution in [0.2, 0.25) is 0 Å². The fraction of sp³-hybridized carbons (Fsp3) is 0.231. The lowest BCUT2D eigenvalue weighted by Crippen LogP contribution is -2.19. The van der Waals surface area contributed by atoms with Crippen molar-refractivity contribution >= 4 is 10.8 Å². The van der Waals surface area contributed by atoms with Gasteiger partial charge in [-0.2, -0.15) is 5.26 Å². The van der Waals surface area contributed by atoms with Crippen molar-refractivity contribution < 1.29 is 9.47 Å². The highest BCUT2D eigenvalue weighted by Gasteiger charge is 2.09. The Labute approximate surface area is 104 Å². The molecule has 18 heavy (non-hydrogen) atoms. The van der Waals surface area contributed by atoms with Crippen LogP contribution in [0.5, 0.6) is 11.5 Å². The molecule has 1 heterocycles. The molecule has 0 fully saturated rings. The second-order valence-corrected chi connectivity index (χ2v) is 3.70. The quantitative estimate of drug-likeness (QED) is 0.821. The standard InChI is InChI=1S/C13H12N2O3/c1-17-9-7-11-10(12(8-9)18-2)3-5-15(6-4-14)13(11)16/h3,5,7-8H,6H2,1-2H3. The van der Waals surface area contributed by atoms with Crippen LogP contribution in [-0.2, 0) is 6.54 Å². The molecule has 0 saturated heterocycles. The van der Waals surface area contributed by atoms with Gasteiger partial charge in [0.15, 0.2) is 0 Å². The van der Waals surface area contributed by atoms with E-state index in [2.05, 4.69) is 0 Å². The van der Waals surface area contributed by atoms with Crippen molar-refractivity contribution in [1.29, 1.82) is 5.26 Å². The van der Waals surface area contributed by atoms with Gasteiger partial charge in [0.05, 0.1) is 25.7 Å². The van der Waals surface area contributed by atoms with Crippen LogP contribution in [-0.4, -0.2) is 18.8 Å². The fourth-order valence-corrected chi connectivity index (χ4v) is 1.82. The molecule has 2 aromatic rings. The molecular weight excluding hydrogens is 232 g/mol. The Balaban J connectivity index is 2.80. The minimum Gasteiger partial charge on any atom is -0.497 e. The minimum atomic E-state index is -0.230. The van der Waals surface area contributed by atoms with Gasteiger partial charge in [-0.3, -0.25) is 4.79 Å². The van der Waals surface area contributed by atoms with Gasteiger partial charge in [0.1, 0.15) is 18.0 Å². The summed E-state index contributed by atoms with van der Waals surface area (Å²) in [5.41, 5.74) is -0.230. The molecule has 0 aliphatic rings. The molecule has 2 rings (SSSR count). The summed E-state index contributed by atoms with van der Waals surface area (Å²) < 4.78 is 11.7. The van der Waals surface area contributed by atoms with Gasteiger partial charge in [-0.05, 0) is 12.1 Å². The Morgan fingerprint density at radius 3 is 2.67 bits per heavy atom. The lowest BCUT2D eigenvalue weighted by atomic mass is 10.1. The van der Waals surface area contributed by atoms with Crippen LogP contribution in [0.25, 0.3) is 10.8 Å². The van der Waals surface area contributed by atoms with Gasteiger partial charge in [0.25, 0.3) is 5.56 Å². The Kier molecular flexibility index (Phi) is 3.20. The van der Waals surface area contributed by atoms with Crippen molar-refractivity contribution in [1.82, 2.24) is 4.57 Å². The van der Waals surface area contributed by atoms with E-state index >= 15 is 0 Å². The van der Waals surface area contributed by atoms with Crippen LogP contribution in [0.15, 0.2) is 29.2 Å². The van der Waals surface area contributed by atoms with E-state index in [9.17, 15) is 4.79 Å². The summed E-state index contributed by atoms with van der Waals surface area (Å²) in [5.74, 6) is 1.12. The summed E-state index contributed by atoms with van der Waals surface area (Å²) >= 11 is 0. The smallest absolute Gasteiger partial charge is 0.259 e. The van der Waals surface area contributed by atoms with E-state index < -0.39 is 0 Å². The molecule has 0 atom stereocenters. The number of nitriles is 1. The highest BCUT2D eigenvalue weighted by Crippen LogP contribution is 2.28. The molecule has 92 valence electrons. The first kappa shape index (κ1) is 12.0. The molecule has 1 aromatic carbocycles. The van der Waals surface area contributed by atoms with E-state index in [0.717, 1.165) is 0 Å². The molecule has 5 heteroatoms. The number of hydrogen-bond donors (Lipinski definition) is 0. The first-order valence-electron chi connectivity index (χ1n) is 5.33. The van der Waals surface area contributed by atoms with Gasteiger partial charge in [-0.25, -0.2) is 0 Å². The zero-order valence-corrected chi connectivity index (χ0v) is 10.1. The Bertz CT molecular complexity index is 683. The molecule has 0 saturated carbocycles. The predicted octanol–water partition coefficient (Wildman–Crippen LogP) is 1.54. The average Bonchev–Trinajstić information content (AvgIpc) is 2.41. The minimum absolute atomic E-state index is 0.0221. The second kappa shape index (κ2) is 4.80. The van der Waals surface area contributed by atoms with Gasteiger partial charge in [0, 0.05) is 17.6 Å². The molecule has 0 bridgehead atoms. The van der Waals surface area contributed by atoms with Crippen molar-refractivity contribution in [3.8, 4) is 17.6 Å². The molecule has 0 radical (unpaired) electrons. The third-order valence-electron chi connectivity index (χ3n) is 2.72. The van der Waals surface area contributed by atoms with Crippen LogP contribution in [0.1, 0.15) is 0 Å². The van der Waals surface area contributed by atoms with Crippen LogP contribution in [0.3, 0.4) is 0 Å². The normalized spacial score (nSPS) is 10.1. The topological polar surface area (TPSA) is 64.2 Å². The maximum atomic E-state index is 12.2. The zero-order chi connectivity index (χ0) is 13.1. The summed E-state index contributed by atoms with van der Waals surface area (Å²) in [4.78, 5) is 12.2. The van der Waals surface area contributed by atoms with Crippen molar-refractivity contribution in [2.45, 2.75) is 6.54 Å². The Hall–Kier alpha value is -2.48. The summed E-state index contributed by atoms with van der Waals surface area (Å²) in [6, 6.07) is 7.07. The number of aromatic nitrogens is 1. The number of pyridine rings is 1. The van der Waals surface area contributed by atoms with Crippen molar-refractivity contribution in [3.05, 3.63) is 34.7 Å². The third kappa shape index (κ3) is 1.89. The summed E-state index contributed by atoms with van der Waals surface area (Å²) in [6.45, 7) is 0.0221. The fourth-order valence-electron chi connectivity index (χ4n) is 1.82. The van der Waals surface area contributed by atoms with Gasteiger partial charge >= 0.3 is 0 Å². The number of ether oxygens (including phenoxy) is 2. The largest absolute Gasteiger partial charge is 0.497 e. The number of hydrogen-bond acceptors (Lipinski definition) is 4. The number of nitrogens with zero attached hydrogens (tertiary/aromatic N) is 2. The van der Waals surface area contributed by atoms with E-state index in [0.29, 0.717) is 22.3 Å². The number of methoxy groups -OCH3 is 2. The van der Waals surface area contributed by atoms with Crippen LogP contribution in [0.4, 0.5) is 0 Å². The van der Waals surface area contributed by atoms with E-state index in [1.165, 1.54) is 18.8 Å². The van der Waals surface area contributed by atoms with E-state index in [1.54, 1.807) is 24.4 Å². The molecule has 0 aliphatic carbocycles. The van der Waals surface area contributed by atoms with Crippen molar-refractivity contribution in [3.63, 3.8) is 0 Å². The average molecular weight is 244 g/mol. The van der Waals surface area contributed by atoms with Gasteiger partial charge in [0.2, 0.25) is 0 Å². The molecule has 0 spiro atoms. The van der Waals surface area contributed by atoms with E-state index in [1.807, 2.05) is 6.07 Å². The number of fused-ring (bicyclic) bond motifs is 1. The summed E-state index contributed by atoms with van der Waals surface area (Å²) in [7, 11) is 3.06. The van der Waals surface area contributed by atoms with Crippen LogP contribution < -0.4 is 15.0 Å². The summed E-state index contributed by atoms with van der Waals surface area (Å²) in [5, 5.41) is 9.84. The SMILES string of the molecule is COc1cc(OC)c2ccn(CC#N)c(=O)c2c1. The Morgan fingerprint density at radius 1 is 1.28 bits per heavy atom. The lowest BCUT2D eigenvalue weighted by Gasteiger charge is -2.09. The highest BCUT2D eigenvalue weighted by atomic mass is 16.5. The molecular formula is C13H12N2O3. The highest BCUT2D eigenvalue weighted by molar-refractivity contribution is 5.89. The molecule has 0 aliphatic heterocycles. The van der Waals surface area contributed by atoms with Gasteiger partial charge < -0.3 is 14.0 Å². The second-order valence-electron chi connectivity index (χ2n) is 3.70. The Morgan fingerprint density at radius 2 is 2.06 bits per heavy atom. The van der Waals surface area contributed by atoms with Crippen molar-refractivity contribution in [2.24, 2.45) is 0 Å². The summed E-state index contributed by atoms with van der Waals surface area (Å²) in [6.07, 6.45) is 1.59. The van der Waals surface area contributed by atoms with Crippen LogP contribution in [0, 0.1) is 11.3 Å². The first-order valence-corrected chi connectivity index (χ1v) is 5.33. The number of rotatable bonds is 3. The maximum Gasteiger partial charge on any atom is 0.259 e. The first-order chi connectivity index (χ1) is 8.71. The van der Waals surface area contributed by atoms with E-state index in [4.69, 9.17) is 14.7 Å². The molecule has 0 amide bonds. The predicted molar refractivity (Wildman–Crippen MR) is 66.9 cm³/mol. The maximum absolute atomic E-state index is 12.2. The van der Waals surface area contributed by atoms with E-state index in [-0.39, 0.29) is 12.1 Å². The molecule has 1 aromatic heterocycles. The lowest BCUT2D eigenvalue weighted by molar-refractivity contribution is 0.398. The molecule has 0 unspecified atom stereocenters. The molecule has 5 nitrogen and oxygen atoms in total. The van der Waals surface area contributed by atoms with Crippen molar-refractivity contribution in [2.75, 3.05) is 14.2 Å². The van der Waals surface area contributed by atoms with Gasteiger partial charge in [-0.1, -0.05) is 0 Å². The monoisotopic (exact) mass is 244 g/mol. The molecule has 0 N–H and O–H groups in total. The van der Waals surface area contributed by atoms with Gasteiger partial charge in [-0.15, -0.1) is 0 Å². The third-order valence-corrected chi connectivity index (χ3v) is 2.72. The number of benzene rings is 1. The van der Waals surface area contributed by atoms with Crippen LogP contribution >= 0.6 is 0 Å².